The van der Waals surface area contributed by atoms with Gasteiger partial charge in [-0.1, -0.05) is 0 Å². The molecule has 0 unspecified atom stereocenters. The van der Waals surface area contributed by atoms with E-state index >= 15 is 0 Å². The molecule has 0 aromatic carbocycles. The van der Waals surface area contributed by atoms with Crippen LogP contribution >= 0.6 is 0 Å². The van der Waals surface area contributed by atoms with Crippen molar-refractivity contribution in [2.75, 3.05) is 7.11 Å². The standard InChI is InChI=1S/C14H14N4O2/c1-9-7-16-17(2)13(9)11-8-15-12-6-10(14(19)20-3)4-5-18(11)12/h4-8H,1-3H3. The molecule has 0 radical (unpaired) electrons. The molecule has 6 heteroatoms. The lowest BCUT2D eigenvalue weighted by Crippen LogP contribution is -2.02. The van der Waals surface area contributed by atoms with Crippen LogP contribution in [0.25, 0.3) is 17.0 Å². The lowest BCUT2D eigenvalue weighted by Gasteiger charge is -2.05. The van der Waals surface area contributed by atoms with E-state index in [2.05, 4.69) is 10.1 Å². The van der Waals surface area contributed by atoms with Gasteiger partial charge in [-0.25, -0.2) is 9.78 Å². The Hall–Kier alpha value is -2.63. The number of carbonyl (C=O) groups is 1. The molecule has 3 aromatic heterocycles. The minimum absolute atomic E-state index is 0.367. The smallest absolute Gasteiger partial charge is 0.338 e. The Balaban J connectivity index is 2.18. The maximum atomic E-state index is 11.5. The van der Waals surface area contributed by atoms with Crippen LogP contribution in [0.5, 0.6) is 0 Å². The first kappa shape index (κ1) is 12.4. The molecule has 0 spiro atoms. The number of aromatic nitrogens is 4. The number of fused-ring (bicyclic) bond motifs is 1. The molecule has 3 aromatic rings. The molecule has 3 heterocycles. The third-order valence-corrected chi connectivity index (χ3v) is 3.30. The molecule has 0 N–H and O–H groups in total. The van der Waals surface area contributed by atoms with Crippen LogP contribution in [0.4, 0.5) is 0 Å². The van der Waals surface area contributed by atoms with Crippen LogP contribution in [0.3, 0.4) is 0 Å². The second kappa shape index (κ2) is 4.48. The zero-order chi connectivity index (χ0) is 14.3. The highest BCUT2D eigenvalue weighted by Gasteiger charge is 2.14. The Morgan fingerprint density at radius 2 is 2.15 bits per heavy atom. The lowest BCUT2D eigenvalue weighted by atomic mass is 10.2. The average molecular weight is 270 g/mol. The summed E-state index contributed by atoms with van der Waals surface area (Å²) < 4.78 is 8.45. The quantitative estimate of drug-likeness (QED) is 0.666. The number of rotatable bonds is 2. The Morgan fingerprint density at radius 3 is 2.80 bits per heavy atom. The monoisotopic (exact) mass is 270 g/mol. The summed E-state index contributed by atoms with van der Waals surface area (Å²) in [7, 11) is 3.26. The third-order valence-electron chi connectivity index (χ3n) is 3.30. The van der Waals surface area contributed by atoms with E-state index in [1.165, 1.54) is 7.11 Å². The van der Waals surface area contributed by atoms with Crippen molar-refractivity contribution in [3.05, 3.63) is 41.9 Å². The van der Waals surface area contributed by atoms with Gasteiger partial charge >= 0.3 is 5.97 Å². The molecule has 3 rings (SSSR count). The maximum absolute atomic E-state index is 11.5. The predicted molar refractivity (Wildman–Crippen MR) is 73.5 cm³/mol. The molecule has 0 fully saturated rings. The molecule has 20 heavy (non-hydrogen) atoms. The number of hydrogen-bond acceptors (Lipinski definition) is 4. The molecule has 0 saturated heterocycles. The second-order valence-corrected chi connectivity index (χ2v) is 4.58. The fraction of sp³-hybridized carbons (Fsp3) is 0.214. The van der Waals surface area contributed by atoms with Crippen LogP contribution in [-0.2, 0) is 11.8 Å². The molecule has 0 aliphatic carbocycles. The third kappa shape index (κ3) is 1.77. The van der Waals surface area contributed by atoms with Crippen LogP contribution in [0.1, 0.15) is 15.9 Å². The molecule has 102 valence electrons. The van der Waals surface area contributed by atoms with E-state index in [0.29, 0.717) is 11.2 Å². The highest BCUT2D eigenvalue weighted by atomic mass is 16.5. The molecule has 6 nitrogen and oxygen atoms in total. The van der Waals surface area contributed by atoms with Crippen molar-refractivity contribution in [2.24, 2.45) is 7.05 Å². The van der Waals surface area contributed by atoms with Gasteiger partial charge in [0.05, 0.1) is 36.5 Å². The minimum Gasteiger partial charge on any atom is -0.465 e. The Morgan fingerprint density at radius 1 is 1.35 bits per heavy atom. The van der Waals surface area contributed by atoms with Crippen LogP contribution < -0.4 is 0 Å². The van der Waals surface area contributed by atoms with Gasteiger partial charge < -0.3 is 4.74 Å². The number of imidazole rings is 1. The normalized spacial score (nSPS) is 10.9. The molecule has 0 aliphatic heterocycles. The van der Waals surface area contributed by atoms with Gasteiger partial charge in [-0.15, -0.1) is 0 Å². The first-order valence-corrected chi connectivity index (χ1v) is 6.16. The van der Waals surface area contributed by atoms with Gasteiger partial charge in [0.2, 0.25) is 0 Å². The Kier molecular flexibility index (Phi) is 2.78. The summed E-state index contributed by atoms with van der Waals surface area (Å²) in [6, 6.07) is 3.43. The topological polar surface area (TPSA) is 61.4 Å². The van der Waals surface area contributed by atoms with Crippen LogP contribution in [-0.4, -0.2) is 32.2 Å². The molecule has 0 saturated carbocycles. The number of methoxy groups -OCH3 is 1. The fourth-order valence-corrected chi connectivity index (χ4v) is 2.32. The molecule has 0 bridgehead atoms. The first-order valence-electron chi connectivity index (χ1n) is 6.16. The van der Waals surface area contributed by atoms with Crippen LogP contribution in [0, 0.1) is 6.92 Å². The summed E-state index contributed by atoms with van der Waals surface area (Å²) in [5.74, 6) is -0.367. The first-order chi connectivity index (χ1) is 9.61. The molecular weight excluding hydrogens is 256 g/mol. The number of nitrogens with zero attached hydrogens (tertiary/aromatic N) is 4. The van der Waals surface area contributed by atoms with Gasteiger partial charge in [0.15, 0.2) is 0 Å². The van der Waals surface area contributed by atoms with Gasteiger partial charge in [-0.05, 0) is 24.6 Å². The maximum Gasteiger partial charge on any atom is 0.338 e. The zero-order valence-electron chi connectivity index (χ0n) is 11.5. The summed E-state index contributed by atoms with van der Waals surface area (Å²) in [5, 5.41) is 4.24. The van der Waals surface area contributed by atoms with Crippen molar-refractivity contribution in [3.8, 4) is 11.4 Å². The van der Waals surface area contributed by atoms with Crippen molar-refractivity contribution >= 4 is 11.6 Å². The number of esters is 1. The van der Waals surface area contributed by atoms with Crippen LogP contribution in [0.2, 0.25) is 0 Å². The number of aryl methyl sites for hydroxylation is 2. The van der Waals surface area contributed by atoms with E-state index in [0.717, 1.165) is 17.0 Å². The average Bonchev–Trinajstić information content (AvgIpc) is 3.01. The van der Waals surface area contributed by atoms with E-state index < -0.39 is 0 Å². The van der Waals surface area contributed by atoms with Crippen molar-refractivity contribution in [2.45, 2.75) is 6.92 Å². The SMILES string of the molecule is COC(=O)c1ccn2c(-c3c(C)cnn3C)cnc2c1. The molecule has 0 atom stereocenters. The van der Waals surface area contributed by atoms with Gasteiger partial charge in [-0.2, -0.15) is 5.10 Å². The highest BCUT2D eigenvalue weighted by Crippen LogP contribution is 2.24. The van der Waals surface area contributed by atoms with Crippen molar-refractivity contribution in [3.63, 3.8) is 0 Å². The van der Waals surface area contributed by atoms with E-state index in [1.807, 2.05) is 35.4 Å². The summed E-state index contributed by atoms with van der Waals surface area (Å²) in [5.41, 5.74) is 4.20. The zero-order valence-corrected chi connectivity index (χ0v) is 11.5. The highest BCUT2D eigenvalue weighted by molar-refractivity contribution is 5.90. The number of hydrogen-bond donors (Lipinski definition) is 0. The van der Waals surface area contributed by atoms with Gasteiger partial charge in [0.1, 0.15) is 5.65 Å². The van der Waals surface area contributed by atoms with E-state index in [-0.39, 0.29) is 5.97 Å². The van der Waals surface area contributed by atoms with Crippen molar-refractivity contribution in [1.82, 2.24) is 19.2 Å². The van der Waals surface area contributed by atoms with Crippen molar-refractivity contribution in [1.29, 1.82) is 0 Å². The fourth-order valence-electron chi connectivity index (χ4n) is 2.32. The summed E-state index contributed by atoms with van der Waals surface area (Å²) in [6.45, 7) is 2.00. The van der Waals surface area contributed by atoms with Gasteiger partial charge in [0.25, 0.3) is 0 Å². The van der Waals surface area contributed by atoms with Crippen molar-refractivity contribution < 1.29 is 9.53 Å². The van der Waals surface area contributed by atoms with Gasteiger partial charge in [-0.3, -0.25) is 9.08 Å². The number of pyridine rings is 1. The molecular formula is C14H14N4O2. The Labute approximate surface area is 115 Å². The minimum atomic E-state index is -0.367. The largest absolute Gasteiger partial charge is 0.465 e. The summed E-state index contributed by atoms with van der Waals surface area (Å²) in [4.78, 5) is 15.9. The van der Waals surface area contributed by atoms with E-state index in [4.69, 9.17) is 4.74 Å². The second-order valence-electron chi connectivity index (χ2n) is 4.58. The van der Waals surface area contributed by atoms with Gasteiger partial charge in [0, 0.05) is 13.2 Å². The Bertz CT molecular complexity index is 781. The van der Waals surface area contributed by atoms with E-state index in [9.17, 15) is 4.79 Å². The lowest BCUT2D eigenvalue weighted by molar-refractivity contribution is 0.0600. The summed E-state index contributed by atoms with van der Waals surface area (Å²) >= 11 is 0. The number of ether oxygens (including phenoxy) is 1. The predicted octanol–water partition coefficient (Wildman–Crippen LogP) is 1.83. The summed E-state index contributed by atoms with van der Waals surface area (Å²) in [6.07, 6.45) is 5.41. The molecule has 0 aliphatic rings. The van der Waals surface area contributed by atoms with E-state index in [1.54, 1.807) is 18.3 Å². The molecule has 0 amide bonds. The van der Waals surface area contributed by atoms with Crippen LogP contribution in [0.15, 0.2) is 30.7 Å². The number of carbonyl (C=O) groups excluding carboxylic acids is 1.